The lowest BCUT2D eigenvalue weighted by Crippen LogP contribution is -2.62. The minimum absolute atomic E-state index is 0.0892. The fraction of sp³-hybridized carbons (Fsp3) is 0.766. The van der Waals surface area contributed by atoms with Crippen molar-refractivity contribution in [3.05, 3.63) is 45.0 Å². The molecular weight excluding hydrogens is 743 g/mol. The number of carboxylic acid groups (broad SMARTS) is 1. The van der Waals surface area contributed by atoms with E-state index in [0.717, 1.165) is 82.3 Å². The third-order valence-electron chi connectivity index (χ3n) is 16.3. The molecule has 4 saturated carbocycles. The zero-order valence-corrected chi connectivity index (χ0v) is 37.5. The second-order valence-electron chi connectivity index (χ2n) is 21.1. The smallest absolute Gasteiger partial charge is 0.309 e. The van der Waals surface area contributed by atoms with Gasteiger partial charge in [0.2, 0.25) is 0 Å². The third-order valence-corrected chi connectivity index (χ3v) is 16.9. The lowest BCUT2D eigenvalue weighted by atomic mass is 9.37. The fourth-order valence-corrected chi connectivity index (χ4v) is 13.7. The maximum Gasteiger partial charge on any atom is 0.309 e. The lowest BCUT2D eigenvalue weighted by Gasteiger charge is -2.68. The molecule has 0 aliphatic heterocycles. The van der Waals surface area contributed by atoms with Crippen LogP contribution in [0.1, 0.15) is 132 Å². The molecule has 56 heavy (non-hydrogen) atoms. The minimum atomic E-state index is -1.15. The number of benzene rings is 1. The van der Waals surface area contributed by atoms with E-state index in [1.54, 1.807) is 13.8 Å². The molecule has 312 valence electrons. The topological polar surface area (TPSA) is 87.2 Å². The number of nitrogens with zero attached hydrogens (tertiary/aromatic N) is 2. The molecule has 2 unspecified atom stereocenters. The first-order valence-corrected chi connectivity index (χ1v) is 22.3. The monoisotopic (exact) mass is 812 g/mol. The summed E-state index contributed by atoms with van der Waals surface area (Å²) in [6.07, 6.45) is 9.94. The van der Waals surface area contributed by atoms with Crippen molar-refractivity contribution in [2.45, 2.75) is 139 Å². The number of fused-ring (bicyclic) bond motifs is 7. The summed E-state index contributed by atoms with van der Waals surface area (Å²) >= 11 is 13.0. The Labute approximate surface area is 347 Å². The van der Waals surface area contributed by atoms with Crippen molar-refractivity contribution in [2.75, 3.05) is 33.7 Å². The molecule has 6 rings (SSSR count). The molecule has 0 amide bonds. The molecule has 1 N–H and O–H groups in total. The van der Waals surface area contributed by atoms with Gasteiger partial charge in [-0.05, 0) is 156 Å². The fourth-order valence-electron chi connectivity index (χ4n) is 13.2. The van der Waals surface area contributed by atoms with E-state index in [1.807, 2.05) is 12.1 Å². The average Bonchev–Trinajstić information content (AvgIpc) is 3.40. The number of ketones is 1. The molecule has 4 fully saturated rings. The zero-order valence-electron chi connectivity index (χ0n) is 36.0. The molecule has 0 heterocycles. The summed E-state index contributed by atoms with van der Waals surface area (Å²) in [7, 11) is 4.24. The van der Waals surface area contributed by atoms with Crippen LogP contribution in [-0.4, -0.2) is 72.5 Å². The Bertz CT molecular complexity index is 1720. The van der Waals surface area contributed by atoms with Crippen molar-refractivity contribution in [3.63, 3.8) is 0 Å². The van der Waals surface area contributed by atoms with Gasteiger partial charge in [-0.15, -0.1) is 0 Å². The van der Waals surface area contributed by atoms with Gasteiger partial charge in [0, 0.05) is 46.9 Å². The van der Waals surface area contributed by atoms with Gasteiger partial charge in [-0.3, -0.25) is 19.3 Å². The van der Waals surface area contributed by atoms with Crippen molar-refractivity contribution in [3.8, 4) is 0 Å². The number of carboxylic acids is 1. The number of hydrogen-bond donors (Lipinski definition) is 1. The van der Waals surface area contributed by atoms with E-state index in [-0.39, 0.29) is 40.1 Å². The number of likely N-dealkylation sites (N-methyl/N-ethyl adjacent to an activating group) is 1. The van der Waals surface area contributed by atoms with Crippen molar-refractivity contribution >= 4 is 40.9 Å². The Hall–Kier alpha value is -1.93. The molecule has 8 atom stereocenters. The number of ether oxygens (including phenoxy) is 1. The van der Waals surface area contributed by atoms with Gasteiger partial charge in [-0.2, -0.15) is 0 Å². The predicted octanol–water partition coefficient (Wildman–Crippen LogP) is 10.8. The number of Topliss-reactive ketones (excluding diaryl/α,β-unsaturated/α-hetero) is 1. The standard InChI is InChI=1S/C47H70Cl2N2O5/c1-29(2)40-36(52)26-47(21-22-51(24-23-50(9)10)28-30-11-12-31(48)25-35(30)49)20-19-45(7)32-15-16-37-44(5,6)38(56-39(53)27-43(3,4)42(54)55)17-18-46(37,8)33(32)13-14-34(45)41(40)47/h11-12,25,29,32-34,37-38H,13-24,26-28H2,1-10H3,(H,54,55)/t32-,33?,34-,37?,38+,45+,46-,47-/m1/s1. The largest absolute Gasteiger partial charge is 0.481 e. The summed E-state index contributed by atoms with van der Waals surface area (Å²) in [6.45, 7) is 20.9. The van der Waals surface area contributed by atoms with Gasteiger partial charge in [0.1, 0.15) is 6.10 Å². The van der Waals surface area contributed by atoms with Crippen LogP contribution in [0.5, 0.6) is 0 Å². The lowest BCUT2D eigenvalue weighted by molar-refractivity contribution is -0.204. The highest BCUT2D eigenvalue weighted by molar-refractivity contribution is 6.35. The van der Waals surface area contributed by atoms with Crippen molar-refractivity contribution in [1.29, 1.82) is 0 Å². The number of carbonyl (C=O) groups excluding carboxylic acids is 2. The Morgan fingerprint density at radius 1 is 0.929 bits per heavy atom. The van der Waals surface area contributed by atoms with Gasteiger partial charge >= 0.3 is 11.9 Å². The summed E-state index contributed by atoms with van der Waals surface area (Å²) in [6, 6.07) is 5.82. The first kappa shape index (κ1) is 43.6. The van der Waals surface area contributed by atoms with Crippen LogP contribution in [0.4, 0.5) is 0 Å². The Morgan fingerprint density at radius 2 is 1.61 bits per heavy atom. The van der Waals surface area contributed by atoms with E-state index in [4.69, 9.17) is 27.9 Å². The van der Waals surface area contributed by atoms with E-state index < -0.39 is 17.4 Å². The maximum atomic E-state index is 14.2. The summed E-state index contributed by atoms with van der Waals surface area (Å²) in [5.41, 5.74) is 2.59. The van der Waals surface area contributed by atoms with E-state index >= 15 is 0 Å². The van der Waals surface area contributed by atoms with Gasteiger partial charge in [0.15, 0.2) is 5.78 Å². The number of halogens is 2. The number of aliphatic carboxylic acids is 1. The number of hydrogen-bond acceptors (Lipinski definition) is 6. The Morgan fingerprint density at radius 3 is 2.25 bits per heavy atom. The van der Waals surface area contributed by atoms with Crippen LogP contribution in [0.25, 0.3) is 0 Å². The Kier molecular flexibility index (Phi) is 12.4. The zero-order chi connectivity index (χ0) is 41.2. The molecule has 0 saturated heterocycles. The summed E-state index contributed by atoms with van der Waals surface area (Å²) < 4.78 is 6.18. The van der Waals surface area contributed by atoms with Gasteiger partial charge in [0.25, 0.3) is 0 Å². The highest BCUT2D eigenvalue weighted by atomic mass is 35.5. The Balaban J connectivity index is 1.24. The molecular formula is C47H70Cl2N2O5. The van der Waals surface area contributed by atoms with Gasteiger partial charge < -0.3 is 14.7 Å². The number of rotatable bonds is 13. The van der Waals surface area contributed by atoms with Crippen LogP contribution >= 0.6 is 23.2 Å². The minimum Gasteiger partial charge on any atom is -0.481 e. The van der Waals surface area contributed by atoms with Gasteiger partial charge in [-0.1, -0.05) is 76.4 Å². The molecule has 5 aliphatic rings. The van der Waals surface area contributed by atoms with Gasteiger partial charge in [0.05, 0.1) is 11.8 Å². The molecule has 1 aromatic rings. The highest BCUT2D eigenvalue weighted by Crippen LogP contribution is 2.73. The molecule has 5 aliphatic carbocycles. The molecule has 9 heteroatoms. The second kappa shape index (κ2) is 15.9. The van der Waals surface area contributed by atoms with E-state index in [0.29, 0.717) is 45.9 Å². The summed E-state index contributed by atoms with van der Waals surface area (Å²) in [5.74, 6) is 1.23. The van der Waals surface area contributed by atoms with Crippen LogP contribution in [-0.2, 0) is 25.7 Å². The van der Waals surface area contributed by atoms with E-state index in [1.165, 1.54) is 18.4 Å². The van der Waals surface area contributed by atoms with E-state index in [9.17, 15) is 19.5 Å². The van der Waals surface area contributed by atoms with E-state index in [2.05, 4.69) is 71.5 Å². The normalized spacial score (nSPS) is 34.0. The van der Waals surface area contributed by atoms with Crippen LogP contribution in [0.15, 0.2) is 29.3 Å². The quantitative estimate of drug-likeness (QED) is 0.199. The van der Waals surface area contributed by atoms with Crippen LogP contribution in [0.2, 0.25) is 10.0 Å². The first-order valence-electron chi connectivity index (χ1n) is 21.6. The predicted molar refractivity (Wildman–Crippen MR) is 226 cm³/mol. The van der Waals surface area contributed by atoms with Crippen molar-refractivity contribution < 1.29 is 24.2 Å². The number of allylic oxidation sites excluding steroid dienone is 2. The molecule has 0 bridgehead atoms. The highest BCUT2D eigenvalue weighted by Gasteiger charge is 2.66. The number of esters is 1. The van der Waals surface area contributed by atoms with Gasteiger partial charge in [-0.25, -0.2) is 0 Å². The number of carbonyl (C=O) groups is 3. The molecule has 0 aromatic heterocycles. The third kappa shape index (κ3) is 7.91. The molecule has 7 nitrogen and oxygen atoms in total. The second-order valence-corrected chi connectivity index (χ2v) is 22.0. The van der Waals surface area contributed by atoms with Crippen LogP contribution in [0, 0.1) is 56.7 Å². The van der Waals surface area contributed by atoms with Crippen LogP contribution in [0.3, 0.4) is 0 Å². The molecule has 1 aromatic carbocycles. The SMILES string of the molecule is CC(C)C1=C2[C@H]3CCC4[C@@H](CCC5C(C)(C)[C@@H](OC(=O)CC(C)(C)C(=O)O)CC[C@]45C)[C@]3(C)CC[C@@]2(CCN(CCN(C)C)Cc2ccc(Cl)cc2Cl)CC1=O. The average molecular weight is 814 g/mol. The first-order chi connectivity index (χ1) is 26.1. The maximum absolute atomic E-state index is 14.2. The van der Waals surface area contributed by atoms with Crippen molar-refractivity contribution in [1.82, 2.24) is 9.80 Å². The summed E-state index contributed by atoms with van der Waals surface area (Å²) in [5, 5.41) is 11.0. The summed E-state index contributed by atoms with van der Waals surface area (Å²) in [4.78, 5) is 43.9. The van der Waals surface area contributed by atoms with Crippen molar-refractivity contribution in [2.24, 2.45) is 56.7 Å². The van der Waals surface area contributed by atoms with Crippen LogP contribution < -0.4 is 0 Å². The molecule has 0 radical (unpaired) electrons. The molecule has 0 spiro atoms.